The summed E-state index contributed by atoms with van der Waals surface area (Å²) in [4.78, 5) is 10.2. The van der Waals surface area contributed by atoms with Crippen molar-refractivity contribution in [1.82, 2.24) is 5.32 Å². The normalized spacial score (nSPS) is 19.1. The molecule has 1 unspecified atom stereocenters. The monoisotopic (exact) mass is 292 g/mol. The third kappa shape index (κ3) is 4.51. The van der Waals surface area contributed by atoms with Crippen molar-refractivity contribution in [2.24, 2.45) is 5.41 Å². The van der Waals surface area contributed by atoms with E-state index in [-0.39, 0.29) is 5.69 Å². The summed E-state index contributed by atoms with van der Waals surface area (Å²) >= 11 is 0. The van der Waals surface area contributed by atoms with Gasteiger partial charge in [0.2, 0.25) is 0 Å². The topological polar surface area (TPSA) is 75.4 Å². The fraction of sp³-hybridized carbons (Fsp3) is 0.625. The molecule has 1 aromatic carbocycles. The van der Waals surface area contributed by atoms with E-state index in [2.05, 4.69) is 12.2 Å². The number of hydrogen-bond acceptors (Lipinski definition) is 4. The van der Waals surface area contributed by atoms with Crippen LogP contribution in [-0.4, -0.2) is 23.1 Å². The SMILES string of the molecule is CC1(CNCC(O)c2ccc([N+](=O)[O-])cc2)CCCCC1. The molecule has 0 saturated heterocycles. The molecule has 5 heteroatoms. The molecule has 5 nitrogen and oxygen atoms in total. The number of nitrogens with one attached hydrogen (secondary N) is 1. The molecule has 116 valence electrons. The number of rotatable bonds is 6. The number of non-ortho nitro benzene ring substituents is 1. The van der Waals surface area contributed by atoms with E-state index in [1.54, 1.807) is 12.1 Å². The summed E-state index contributed by atoms with van der Waals surface area (Å²) in [5, 5.41) is 24.1. The Labute approximate surface area is 125 Å². The summed E-state index contributed by atoms with van der Waals surface area (Å²) in [6, 6.07) is 6.10. The minimum Gasteiger partial charge on any atom is -0.387 e. The van der Waals surface area contributed by atoms with Gasteiger partial charge in [0.25, 0.3) is 5.69 Å². The molecule has 1 saturated carbocycles. The quantitative estimate of drug-likeness (QED) is 0.623. The summed E-state index contributed by atoms with van der Waals surface area (Å²) in [7, 11) is 0. The Morgan fingerprint density at radius 2 is 1.90 bits per heavy atom. The lowest BCUT2D eigenvalue weighted by Crippen LogP contribution is -2.35. The third-order valence-corrected chi connectivity index (χ3v) is 4.44. The zero-order valence-corrected chi connectivity index (χ0v) is 12.5. The highest BCUT2D eigenvalue weighted by molar-refractivity contribution is 5.33. The minimum absolute atomic E-state index is 0.0497. The number of aliphatic hydroxyl groups is 1. The van der Waals surface area contributed by atoms with Gasteiger partial charge in [0, 0.05) is 25.2 Å². The fourth-order valence-corrected chi connectivity index (χ4v) is 3.03. The van der Waals surface area contributed by atoms with Gasteiger partial charge in [-0.3, -0.25) is 10.1 Å². The van der Waals surface area contributed by atoms with Gasteiger partial charge in [-0.15, -0.1) is 0 Å². The van der Waals surface area contributed by atoms with Crippen molar-refractivity contribution < 1.29 is 10.0 Å². The van der Waals surface area contributed by atoms with Crippen LogP contribution in [0.15, 0.2) is 24.3 Å². The second-order valence-corrected chi connectivity index (χ2v) is 6.37. The molecule has 0 radical (unpaired) electrons. The molecule has 1 aliphatic carbocycles. The maximum atomic E-state index is 10.6. The van der Waals surface area contributed by atoms with Gasteiger partial charge in [0.15, 0.2) is 0 Å². The molecule has 1 aromatic rings. The van der Waals surface area contributed by atoms with Gasteiger partial charge in [0.1, 0.15) is 0 Å². The van der Waals surface area contributed by atoms with E-state index < -0.39 is 11.0 Å². The first-order chi connectivity index (χ1) is 10.0. The number of aliphatic hydroxyl groups excluding tert-OH is 1. The van der Waals surface area contributed by atoms with Crippen molar-refractivity contribution in [3.63, 3.8) is 0 Å². The van der Waals surface area contributed by atoms with E-state index in [4.69, 9.17) is 0 Å². The summed E-state index contributed by atoms with van der Waals surface area (Å²) in [5.41, 5.74) is 1.10. The highest BCUT2D eigenvalue weighted by Crippen LogP contribution is 2.35. The zero-order chi connectivity index (χ0) is 15.3. The van der Waals surface area contributed by atoms with Crippen LogP contribution in [0.25, 0.3) is 0 Å². The van der Waals surface area contributed by atoms with Crippen molar-refractivity contribution in [2.75, 3.05) is 13.1 Å². The summed E-state index contributed by atoms with van der Waals surface area (Å²) < 4.78 is 0. The molecule has 2 rings (SSSR count). The van der Waals surface area contributed by atoms with Gasteiger partial charge in [-0.1, -0.05) is 26.2 Å². The van der Waals surface area contributed by atoms with E-state index in [0.717, 1.165) is 6.54 Å². The van der Waals surface area contributed by atoms with E-state index in [1.165, 1.54) is 44.2 Å². The van der Waals surface area contributed by atoms with Gasteiger partial charge >= 0.3 is 0 Å². The Bertz CT molecular complexity index is 467. The van der Waals surface area contributed by atoms with Crippen molar-refractivity contribution in [3.8, 4) is 0 Å². The standard InChI is InChI=1S/C16H24N2O3/c1-16(9-3-2-4-10-16)12-17-11-15(19)13-5-7-14(8-6-13)18(20)21/h5-8,15,17,19H,2-4,9-12H2,1H3. The molecule has 1 atom stereocenters. The van der Waals surface area contributed by atoms with Crippen LogP contribution in [0, 0.1) is 15.5 Å². The van der Waals surface area contributed by atoms with E-state index in [9.17, 15) is 15.2 Å². The number of nitrogens with zero attached hydrogens (tertiary/aromatic N) is 1. The zero-order valence-electron chi connectivity index (χ0n) is 12.5. The average Bonchev–Trinajstić information content (AvgIpc) is 2.48. The largest absolute Gasteiger partial charge is 0.387 e. The van der Waals surface area contributed by atoms with Crippen molar-refractivity contribution in [3.05, 3.63) is 39.9 Å². The van der Waals surface area contributed by atoms with Crippen LogP contribution < -0.4 is 5.32 Å². The van der Waals surface area contributed by atoms with Crippen molar-refractivity contribution in [1.29, 1.82) is 0 Å². The molecule has 0 amide bonds. The van der Waals surface area contributed by atoms with Crippen LogP contribution in [-0.2, 0) is 0 Å². The highest BCUT2D eigenvalue weighted by Gasteiger charge is 2.26. The second-order valence-electron chi connectivity index (χ2n) is 6.37. The lowest BCUT2D eigenvalue weighted by Gasteiger charge is -2.34. The van der Waals surface area contributed by atoms with Gasteiger partial charge in [0.05, 0.1) is 11.0 Å². The predicted octanol–water partition coefficient (Wildman–Crippen LogP) is 3.19. The summed E-state index contributed by atoms with van der Waals surface area (Å²) in [6.45, 7) is 3.70. The lowest BCUT2D eigenvalue weighted by atomic mass is 9.76. The van der Waals surface area contributed by atoms with Crippen LogP contribution >= 0.6 is 0 Å². The van der Waals surface area contributed by atoms with Crippen LogP contribution in [0.2, 0.25) is 0 Å². The molecule has 1 aliphatic rings. The first kappa shape index (κ1) is 15.9. The second kappa shape index (κ2) is 7.00. The molecule has 0 aliphatic heterocycles. The summed E-state index contributed by atoms with van der Waals surface area (Å²) in [5.74, 6) is 0. The molecule has 0 heterocycles. The number of nitro benzene ring substituents is 1. The van der Waals surface area contributed by atoms with Gasteiger partial charge in [-0.2, -0.15) is 0 Å². The molecule has 0 spiro atoms. The van der Waals surface area contributed by atoms with Crippen LogP contribution in [0.1, 0.15) is 50.7 Å². The molecular weight excluding hydrogens is 268 g/mol. The maximum Gasteiger partial charge on any atom is 0.269 e. The van der Waals surface area contributed by atoms with Gasteiger partial charge in [-0.25, -0.2) is 0 Å². The van der Waals surface area contributed by atoms with Gasteiger partial charge in [-0.05, 0) is 36.0 Å². The number of benzene rings is 1. The van der Waals surface area contributed by atoms with Gasteiger partial charge < -0.3 is 10.4 Å². The fourth-order valence-electron chi connectivity index (χ4n) is 3.03. The number of hydrogen-bond donors (Lipinski definition) is 2. The Balaban J connectivity index is 1.81. The Hall–Kier alpha value is -1.46. The van der Waals surface area contributed by atoms with Crippen molar-refractivity contribution >= 4 is 5.69 Å². The van der Waals surface area contributed by atoms with Crippen LogP contribution in [0.3, 0.4) is 0 Å². The lowest BCUT2D eigenvalue weighted by molar-refractivity contribution is -0.384. The third-order valence-electron chi connectivity index (χ3n) is 4.44. The van der Waals surface area contributed by atoms with Crippen molar-refractivity contribution in [2.45, 2.75) is 45.1 Å². The smallest absolute Gasteiger partial charge is 0.269 e. The maximum absolute atomic E-state index is 10.6. The molecular formula is C16H24N2O3. The van der Waals surface area contributed by atoms with Crippen LogP contribution in [0.4, 0.5) is 5.69 Å². The predicted molar refractivity (Wildman–Crippen MR) is 82.1 cm³/mol. The molecule has 0 aromatic heterocycles. The highest BCUT2D eigenvalue weighted by atomic mass is 16.6. The molecule has 0 bridgehead atoms. The Morgan fingerprint density at radius 1 is 1.29 bits per heavy atom. The Morgan fingerprint density at radius 3 is 2.48 bits per heavy atom. The van der Waals surface area contributed by atoms with E-state index >= 15 is 0 Å². The first-order valence-electron chi connectivity index (χ1n) is 7.63. The molecule has 1 fully saturated rings. The first-order valence-corrected chi connectivity index (χ1v) is 7.63. The number of nitro groups is 1. The molecule has 2 N–H and O–H groups in total. The van der Waals surface area contributed by atoms with E-state index in [1.807, 2.05) is 0 Å². The van der Waals surface area contributed by atoms with E-state index in [0.29, 0.717) is 17.5 Å². The molecule has 21 heavy (non-hydrogen) atoms. The summed E-state index contributed by atoms with van der Waals surface area (Å²) in [6.07, 6.45) is 5.78. The van der Waals surface area contributed by atoms with Crippen LogP contribution in [0.5, 0.6) is 0 Å². The minimum atomic E-state index is -0.627. The average molecular weight is 292 g/mol. The Kier molecular flexibility index (Phi) is 5.31.